The highest BCUT2D eigenvalue weighted by Gasteiger charge is 2.24. The first kappa shape index (κ1) is 17.5. The van der Waals surface area contributed by atoms with Gasteiger partial charge in [0, 0.05) is 5.02 Å². The minimum Gasteiger partial charge on any atom is -0.545 e. The number of hydrogen-bond acceptors (Lipinski definition) is 5. The molecule has 1 aliphatic rings. The summed E-state index contributed by atoms with van der Waals surface area (Å²) in [6, 6.07) is 10.9. The zero-order valence-electron chi connectivity index (χ0n) is 12.5. The van der Waals surface area contributed by atoms with Crippen molar-refractivity contribution in [3.8, 4) is 0 Å². The maximum atomic E-state index is 12.1. The number of aliphatic imine (C=N–C) groups is 1. The van der Waals surface area contributed by atoms with Crippen LogP contribution in [-0.4, -0.2) is 17.0 Å². The molecule has 0 saturated carbocycles. The van der Waals surface area contributed by atoms with Crippen LogP contribution in [-0.2, 0) is 4.79 Å². The van der Waals surface area contributed by atoms with E-state index in [0.717, 1.165) is 11.8 Å². The summed E-state index contributed by atoms with van der Waals surface area (Å²) < 4.78 is 0. The van der Waals surface area contributed by atoms with E-state index >= 15 is 0 Å². The number of rotatable bonds is 3. The molecule has 126 valence electrons. The van der Waals surface area contributed by atoms with Gasteiger partial charge in [0.05, 0.1) is 21.6 Å². The Morgan fingerprint density at radius 3 is 2.52 bits per heavy atom. The van der Waals surface area contributed by atoms with Crippen LogP contribution in [0.1, 0.15) is 15.9 Å². The summed E-state index contributed by atoms with van der Waals surface area (Å²) in [5.41, 5.74) is 1.26. The molecule has 0 aromatic heterocycles. The number of nitrogens with one attached hydrogen (secondary N) is 1. The van der Waals surface area contributed by atoms with Crippen molar-refractivity contribution < 1.29 is 14.7 Å². The number of carbonyl (C=O) groups excluding carboxylic acids is 2. The van der Waals surface area contributed by atoms with Crippen molar-refractivity contribution in [3.63, 3.8) is 0 Å². The maximum Gasteiger partial charge on any atom is 0.264 e. The van der Waals surface area contributed by atoms with Crippen LogP contribution in [0, 0.1) is 0 Å². The van der Waals surface area contributed by atoms with Gasteiger partial charge < -0.3 is 15.2 Å². The molecular formula is C17H9Cl2N2O3S-. The number of nitrogens with zero attached hydrogens (tertiary/aromatic N) is 1. The van der Waals surface area contributed by atoms with Crippen LogP contribution in [0.4, 0.5) is 5.69 Å². The van der Waals surface area contributed by atoms with Crippen LogP contribution in [0.3, 0.4) is 0 Å². The summed E-state index contributed by atoms with van der Waals surface area (Å²) in [5.74, 6) is -1.54. The molecule has 1 amide bonds. The van der Waals surface area contributed by atoms with Gasteiger partial charge in [-0.25, -0.2) is 4.99 Å². The molecule has 1 fully saturated rings. The van der Waals surface area contributed by atoms with E-state index in [1.165, 1.54) is 12.1 Å². The standard InChI is InChI=1S/C17H10Cl2N2O3S/c18-11-5-6-13(12(19)8-11)20-17-21-15(22)14(25-17)7-9-1-3-10(4-2-9)16(23)24/h1-8H,(H,23,24)(H,20,21,22)/p-1/b14-7-. The van der Waals surface area contributed by atoms with Crippen LogP contribution in [0.15, 0.2) is 52.4 Å². The number of aromatic carboxylic acids is 1. The van der Waals surface area contributed by atoms with Crippen LogP contribution in [0.2, 0.25) is 10.0 Å². The predicted octanol–water partition coefficient (Wildman–Crippen LogP) is 3.25. The number of carbonyl (C=O) groups is 2. The zero-order valence-corrected chi connectivity index (χ0v) is 14.8. The zero-order chi connectivity index (χ0) is 18.0. The number of benzene rings is 2. The highest BCUT2D eigenvalue weighted by molar-refractivity contribution is 8.18. The molecule has 8 heteroatoms. The normalized spacial score (nSPS) is 17.1. The monoisotopic (exact) mass is 391 g/mol. The summed E-state index contributed by atoms with van der Waals surface area (Å²) in [4.78, 5) is 27.5. The van der Waals surface area contributed by atoms with Gasteiger partial charge in [0.2, 0.25) is 0 Å². The first-order valence-corrected chi connectivity index (χ1v) is 8.55. The largest absolute Gasteiger partial charge is 0.545 e. The average Bonchev–Trinajstić information content (AvgIpc) is 2.90. The minimum absolute atomic E-state index is 0.0744. The van der Waals surface area contributed by atoms with Crippen molar-refractivity contribution in [2.24, 2.45) is 4.99 Å². The lowest BCUT2D eigenvalue weighted by Crippen LogP contribution is -2.21. The Bertz CT molecular complexity index is 924. The molecule has 2 aromatic rings. The number of amides is 1. The molecular weight excluding hydrogens is 383 g/mol. The van der Waals surface area contributed by atoms with E-state index in [1.54, 1.807) is 36.4 Å². The van der Waals surface area contributed by atoms with Crippen LogP contribution in [0.5, 0.6) is 0 Å². The van der Waals surface area contributed by atoms with Gasteiger partial charge in [-0.2, -0.15) is 0 Å². The Morgan fingerprint density at radius 2 is 1.88 bits per heavy atom. The predicted molar refractivity (Wildman–Crippen MR) is 98.0 cm³/mol. The van der Waals surface area contributed by atoms with Crippen molar-refractivity contribution in [1.29, 1.82) is 0 Å². The van der Waals surface area contributed by atoms with Crippen molar-refractivity contribution in [3.05, 3.63) is 68.5 Å². The van der Waals surface area contributed by atoms with Gasteiger partial charge >= 0.3 is 0 Å². The smallest absolute Gasteiger partial charge is 0.264 e. The van der Waals surface area contributed by atoms with Gasteiger partial charge in [0.1, 0.15) is 0 Å². The topological polar surface area (TPSA) is 81.6 Å². The van der Waals surface area contributed by atoms with Crippen LogP contribution < -0.4 is 10.4 Å². The van der Waals surface area contributed by atoms with Crippen molar-refractivity contribution in [2.45, 2.75) is 0 Å². The lowest BCUT2D eigenvalue weighted by Gasteiger charge is -2.02. The third-order valence-electron chi connectivity index (χ3n) is 3.23. The van der Waals surface area contributed by atoms with Gasteiger partial charge in [-0.15, -0.1) is 0 Å². The molecule has 0 aliphatic carbocycles. The fourth-order valence-electron chi connectivity index (χ4n) is 2.03. The second-order valence-electron chi connectivity index (χ2n) is 4.99. The van der Waals surface area contributed by atoms with E-state index in [0.29, 0.717) is 31.4 Å². The molecule has 1 aliphatic heterocycles. The summed E-state index contributed by atoms with van der Waals surface area (Å²) in [6.07, 6.45) is 1.64. The van der Waals surface area contributed by atoms with Crippen molar-refractivity contribution >= 4 is 63.8 Å². The number of hydrogen-bond donors (Lipinski definition) is 1. The summed E-state index contributed by atoms with van der Waals surface area (Å²) in [7, 11) is 0. The van der Waals surface area contributed by atoms with Crippen molar-refractivity contribution in [2.75, 3.05) is 0 Å². The summed E-state index contributed by atoms with van der Waals surface area (Å²) >= 11 is 13.1. The quantitative estimate of drug-likeness (QED) is 0.814. The first-order chi connectivity index (χ1) is 11.9. The van der Waals surface area contributed by atoms with Crippen LogP contribution in [0.25, 0.3) is 6.08 Å². The van der Waals surface area contributed by atoms with E-state index in [1.807, 2.05) is 0 Å². The Balaban J connectivity index is 1.82. The van der Waals surface area contributed by atoms with E-state index in [-0.39, 0.29) is 11.5 Å². The average molecular weight is 392 g/mol. The summed E-state index contributed by atoms with van der Waals surface area (Å²) in [6.45, 7) is 0. The number of carboxylic acid groups (broad SMARTS) is 1. The molecule has 2 aromatic carbocycles. The number of amidine groups is 1. The molecule has 5 nitrogen and oxygen atoms in total. The molecule has 0 unspecified atom stereocenters. The van der Waals surface area contributed by atoms with Gasteiger partial charge in [0.25, 0.3) is 5.91 Å². The Morgan fingerprint density at radius 1 is 1.16 bits per heavy atom. The fraction of sp³-hybridized carbons (Fsp3) is 0. The third-order valence-corrected chi connectivity index (χ3v) is 4.67. The fourth-order valence-corrected chi connectivity index (χ4v) is 3.31. The van der Waals surface area contributed by atoms with E-state index in [2.05, 4.69) is 10.3 Å². The number of carboxylic acids is 1. The first-order valence-electron chi connectivity index (χ1n) is 6.98. The molecule has 0 atom stereocenters. The SMILES string of the molecule is O=C1NC(=Nc2ccc(Cl)cc2Cl)S/C1=C\c1ccc(C(=O)[O-])cc1. The highest BCUT2D eigenvalue weighted by Crippen LogP contribution is 2.32. The van der Waals surface area contributed by atoms with Gasteiger partial charge in [-0.3, -0.25) is 4.79 Å². The number of halogens is 2. The molecule has 0 radical (unpaired) electrons. The molecule has 1 heterocycles. The molecule has 3 rings (SSSR count). The molecule has 0 spiro atoms. The van der Waals surface area contributed by atoms with Gasteiger partial charge in [0.15, 0.2) is 5.17 Å². The van der Waals surface area contributed by atoms with Crippen LogP contribution >= 0.6 is 35.0 Å². The van der Waals surface area contributed by atoms with Crippen molar-refractivity contribution in [1.82, 2.24) is 5.32 Å². The lowest BCUT2D eigenvalue weighted by molar-refractivity contribution is -0.255. The Hall–Kier alpha value is -2.28. The minimum atomic E-state index is -1.25. The van der Waals surface area contributed by atoms with Gasteiger partial charge in [-0.05, 0) is 47.2 Å². The molecule has 1 saturated heterocycles. The molecule has 25 heavy (non-hydrogen) atoms. The second kappa shape index (κ2) is 7.31. The van der Waals surface area contributed by atoms with E-state index in [9.17, 15) is 14.7 Å². The maximum absolute atomic E-state index is 12.1. The second-order valence-corrected chi connectivity index (χ2v) is 6.86. The Kier molecular flexibility index (Phi) is 5.13. The highest BCUT2D eigenvalue weighted by atomic mass is 35.5. The lowest BCUT2D eigenvalue weighted by atomic mass is 10.1. The molecule has 1 N–H and O–H groups in total. The van der Waals surface area contributed by atoms with E-state index < -0.39 is 5.97 Å². The van der Waals surface area contributed by atoms with E-state index in [4.69, 9.17) is 23.2 Å². The third kappa shape index (κ3) is 4.22. The Labute approximate surface area is 157 Å². The summed E-state index contributed by atoms with van der Waals surface area (Å²) in [5, 5.41) is 14.7. The molecule has 0 bridgehead atoms. The van der Waals surface area contributed by atoms with Gasteiger partial charge in [-0.1, -0.05) is 47.5 Å². The number of thioether (sulfide) groups is 1.